The molecule has 0 amide bonds. The van der Waals surface area contributed by atoms with Crippen molar-refractivity contribution in [2.45, 2.75) is 46.7 Å². The van der Waals surface area contributed by atoms with Crippen molar-refractivity contribution in [3.05, 3.63) is 40.8 Å². The van der Waals surface area contributed by atoms with Crippen LogP contribution < -0.4 is 14.8 Å². The van der Waals surface area contributed by atoms with Crippen molar-refractivity contribution in [3.63, 3.8) is 0 Å². The van der Waals surface area contributed by atoms with Gasteiger partial charge in [0, 0.05) is 26.2 Å². The lowest BCUT2D eigenvalue weighted by Gasteiger charge is -2.23. The first-order valence-electron chi connectivity index (χ1n) is 9.56. The lowest BCUT2D eigenvalue weighted by molar-refractivity contribution is 0.353. The Bertz CT molecular complexity index is 805. The van der Waals surface area contributed by atoms with Gasteiger partial charge in [-0.25, -0.2) is 4.99 Å². The number of hydrogen-bond acceptors (Lipinski definition) is 5. The summed E-state index contributed by atoms with van der Waals surface area (Å²) >= 11 is 0. The lowest BCUT2D eigenvalue weighted by Crippen LogP contribution is -2.38. The van der Waals surface area contributed by atoms with Crippen molar-refractivity contribution < 1.29 is 14.0 Å². The zero-order valence-corrected chi connectivity index (χ0v) is 20.7. The van der Waals surface area contributed by atoms with Gasteiger partial charge in [-0.2, -0.15) is 0 Å². The van der Waals surface area contributed by atoms with Crippen LogP contribution in [0.5, 0.6) is 11.5 Å². The van der Waals surface area contributed by atoms with Crippen molar-refractivity contribution in [3.8, 4) is 11.5 Å². The molecule has 2 aromatic rings. The van der Waals surface area contributed by atoms with Gasteiger partial charge in [0.05, 0.1) is 19.9 Å². The molecule has 8 heteroatoms. The van der Waals surface area contributed by atoms with Crippen molar-refractivity contribution >= 4 is 29.9 Å². The summed E-state index contributed by atoms with van der Waals surface area (Å²) in [6.07, 6.45) is 0. The smallest absolute Gasteiger partial charge is 0.194 e. The third-order valence-corrected chi connectivity index (χ3v) is 4.50. The standard InChI is InChI=1S/C21H32N4O3.HI/c1-8-22-21(23-12-17-11-18(14(2)3)24-28-17)25(5)13-16-10-20(27-7)19(26-6)9-15(16)4;/h9-11,14H,8,12-13H2,1-7H3,(H,22,23);1H. The quantitative estimate of drug-likeness (QED) is 0.320. The Balaban J connectivity index is 0.00000420. The van der Waals surface area contributed by atoms with Crippen LogP contribution in [0.15, 0.2) is 27.7 Å². The van der Waals surface area contributed by atoms with Gasteiger partial charge >= 0.3 is 0 Å². The van der Waals surface area contributed by atoms with Crippen molar-refractivity contribution in [1.29, 1.82) is 0 Å². The molecule has 1 N–H and O–H groups in total. The van der Waals surface area contributed by atoms with E-state index in [0.717, 1.165) is 46.6 Å². The van der Waals surface area contributed by atoms with Gasteiger partial charge in [0.2, 0.25) is 0 Å². The first-order chi connectivity index (χ1) is 13.4. The van der Waals surface area contributed by atoms with E-state index in [1.807, 2.05) is 25.2 Å². The molecule has 162 valence electrons. The number of aryl methyl sites for hydroxylation is 1. The largest absolute Gasteiger partial charge is 0.493 e. The molecule has 1 heterocycles. The first kappa shape index (κ1) is 25.1. The third kappa shape index (κ3) is 6.80. The molecule has 0 saturated heterocycles. The third-order valence-electron chi connectivity index (χ3n) is 4.50. The minimum atomic E-state index is 0. The van der Waals surface area contributed by atoms with E-state index < -0.39 is 0 Å². The van der Waals surface area contributed by atoms with Crippen LogP contribution in [0.1, 0.15) is 49.3 Å². The predicted octanol–water partition coefficient (Wildman–Crippen LogP) is 4.34. The number of aromatic nitrogens is 1. The van der Waals surface area contributed by atoms with E-state index in [0.29, 0.717) is 19.0 Å². The van der Waals surface area contributed by atoms with E-state index in [4.69, 9.17) is 19.0 Å². The molecule has 0 atom stereocenters. The number of benzene rings is 1. The molecule has 0 fully saturated rings. The second kappa shape index (κ2) is 11.9. The summed E-state index contributed by atoms with van der Waals surface area (Å²) in [5.74, 6) is 3.36. The van der Waals surface area contributed by atoms with Crippen LogP contribution in [-0.4, -0.2) is 43.8 Å². The zero-order valence-electron chi connectivity index (χ0n) is 18.4. The Morgan fingerprint density at radius 1 is 1.21 bits per heavy atom. The van der Waals surface area contributed by atoms with E-state index in [2.05, 4.69) is 43.1 Å². The van der Waals surface area contributed by atoms with Gasteiger partial charge in [0.25, 0.3) is 0 Å². The highest BCUT2D eigenvalue weighted by Gasteiger charge is 2.13. The van der Waals surface area contributed by atoms with E-state index in [9.17, 15) is 0 Å². The fourth-order valence-electron chi connectivity index (χ4n) is 2.82. The molecule has 0 saturated carbocycles. The second-order valence-electron chi connectivity index (χ2n) is 7.03. The number of nitrogens with zero attached hydrogens (tertiary/aromatic N) is 3. The number of rotatable bonds is 8. The molecule has 2 rings (SSSR count). The lowest BCUT2D eigenvalue weighted by atomic mass is 10.1. The minimum absolute atomic E-state index is 0. The fourth-order valence-corrected chi connectivity index (χ4v) is 2.82. The van der Waals surface area contributed by atoms with Crippen molar-refractivity contribution in [2.75, 3.05) is 27.8 Å². The van der Waals surface area contributed by atoms with Gasteiger partial charge in [-0.05, 0) is 43.0 Å². The van der Waals surface area contributed by atoms with Gasteiger partial charge < -0.3 is 24.2 Å². The van der Waals surface area contributed by atoms with Crippen LogP contribution in [0, 0.1) is 6.92 Å². The number of halogens is 1. The summed E-state index contributed by atoms with van der Waals surface area (Å²) in [5.41, 5.74) is 3.23. The maximum atomic E-state index is 5.44. The van der Waals surface area contributed by atoms with Crippen molar-refractivity contribution in [1.82, 2.24) is 15.4 Å². The highest BCUT2D eigenvalue weighted by molar-refractivity contribution is 14.0. The average molecular weight is 516 g/mol. The first-order valence-corrected chi connectivity index (χ1v) is 9.56. The number of ether oxygens (including phenoxy) is 2. The summed E-state index contributed by atoms with van der Waals surface area (Å²) in [7, 11) is 5.31. The second-order valence-corrected chi connectivity index (χ2v) is 7.03. The molecular formula is C21H33IN4O3. The van der Waals surface area contributed by atoms with Gasteiger partial charge in [-0.1, -0.05) is 19.0 Å². The van der Waals surface area contributed by atoms with Crippen LogP contribution in [0.3, 0.4) is 0 Å². The van der Waals surface area contributed by atoms with Crippen LogP contribution in [0.25, 0.3) is 0 Å². The summed E-state index contributed by atoms with van der Waals surface area (Å²) in [6.45, 7) is 10.2. The van der Waals surface area contributed by atoms with Gasteiger partial charge in [0.15, 0.2) is 23.2 Å². The molecule has 29 heavy (non-hydrogen) atoms. The highest BCUT2D eigenvalue weighted by atomic mass is 127. The fraction of sp³-hybridized carbons (Fsp3) is 0.524. The van der Waals surface area contributed by atoms with Gasteiger partial charge in [-0.15, -0.1) is 24.0 Å². The van der Waals surface area contributed by atoms with Crippen molar-refractivity contribution in [2.24, 2.45) is 4.99 Å². The Hall–Kier alpha value is -1.97. The number of nitrogens with one attached hydrogen (secondary N) is 1. The number of aliphatic imine (C=N–C) groups is 1. The SMILES string of the molecule is CCNC(=NCc1cc(C(C)C)no1)N(C)Cc1cc(OC)c(OC)cc1C.I. The molecule has 0 bridgehead atoms. The molecule has 0 radical (unpaired) electrons. The molecule has 0 aliphatic rings. The Labute approximate surface area is 190 Å². The van der Waals surface area contributed by atoms with E-state index in [1.165, 1.54) is 0 Å². The summed E-state index contributed by atoms with van der Waals surface area (Å²) in [6, 6.07) is 5.98. The number of hydrogen-bond donors (Lipinski definition) is 1. The van der Waals surface area contributed by atoms with Crippen LogP contribution >= 0.6 is 24.0 Å². The molecule has 0 spiro atoms. The topological polar surface area (TPSA) is 72.1 Å². The number of methoxy groups -OCH3 is 2. The molecular weight excluding hydrogens is 483 g/mol. The normalized spacial score (nSPS) is 11.2. The van der Waals surface area contributed by atoms with Crippen LogP contribution in [0.4, 0.5) is 0 Å². The zero-order chi connectivity index (χ0) is 20.7. The van der Waals surface area contributed by atoms with E-state index in [-0.39, 0.29) is 24.0 Å². The van der Waals surface area contributed by atoms with Crippen LogP contribution in [0.2, 0.25) is 0 Å². The molecule has 0 aliphatic carbocycles. The predicted molar refractivity (Wildman–Crippen MR) is 127 cm³/mol. The van der Waals surface area contributed by atoms with E-state index >= 15 is 0 Å². The minimum Gasteiger partial charge on any atom is -0.493 e. The Morgan fingerprint density at radius 2 is 1.86 bits per heavy atom. The molecule has 1 aromatic carbocycles. The maximum absolute atomic E-state index is 5.44. The van der Waals surface area contributed by atoms with Crippen LogP contribution in [-0.2, 0) is 13.1 Å². The van der Waals surface area contributed by atoms with E-state index in [1.54, 1.807) is 14.2 Å². The highest BCUT2D eigenvalue weighted by Crippen LogP contribution is 2.30. The van der Waals surface area contributed by atoms with Gasteiger partial charge in [0.1, 0.15) is 6.54 Å². The summed E-state index contributed by atoms with van der Waals surface area (Å²) in [5, 5.41) is 7.43. The molecule has 0 aliphatic heterocycles. The van der Waals surface area contributed by atoms with Gasteiger partial charge in [-0.3, -0.25) is 0 Å². The maximum Gasteiger partial charge on any atom is 0.194 e. The average Bonchev–Trinajstić information content (AvgIpc) is 3.15. The summed E-state index contributed by atoms with van der Waals surface area (Å²) < 4.78 is 16.2. The molecule has 0 unspecified atom stereocenters. The Kier molecular flexibility index (Phi) is 10.3. The summed E-state index contributed by atoms with van der Waals surface area (Å²) in [4.78, 5) is 6.78. The number of guanidine groups is 1. The molecule has 1 aromatic heterocycles. The monoisotopic (exact) mass is 516 g/mol. The Morgan fingerprint density at radius 3 is 2.41 bits per heavy atom. The molecule has 7 nitrogen and oxygen atoms in total.